The van der Waals surface area contributed by atoms with Gasteiger partial charge in [0.25, 0.3) is 0 Å². The molecule has 0 radical (unpaired) electrons. The highest BCUT2D eigenvalue weighted by molar-refractivity contribution is 9.10. The molecule has 1 spiro atoms. The van der Waals surface area contributed by atoms with E-state index in [9.17, 15) is 0 Å². The molecular formula is C23H25BrN2O3. The van der Waals surface area contributed by atoms with Gasteiger partial charge in [-0.15, -0.1) is 0 Å². The summed E-state index contributed by atoms with van der Waals surface area (Å²) in [5, 5.41) is 7.33. The first-order valence-corrected chi connectivity index (χ1v) is 10.8. The molecule has 0 saturated carbocycles. The van der Waals surface area contributed by atoms with Gasteiger partial charge in [-0.25, -0.2) is 5.01 Å². The molecule has 3 aliphatic heterocycles. The number of benzene rings is 2. The normalized spacial score (nSPS) is 27.1. The van der Waals surface area contributed by atoms with Crippen molar-refractivity contribution in [1.29, 1.82) is 0 Å². The number of rotatable bonds is 2. The number of halogens is 1. The molecule has 5 nitrogen and oxygen atoms in total. The van der Waals surface area contributed by atoms with Gasteiger partial charge in [0.05, 0.1) is 31.1 Å². The van der Waals surface area contributed by atoms with Gasteiger partial charge in [0.1, 0.15) is 11.5 Å². The van der Waals surface area contributed by atoms with Gasteiger partial charge in [-0.1, -0.05) is 15.9 Å². The van der Waals surface area contributed by atoms with Crippen LogP contribution in [0, 0.1) is 0 Å². The van der Waals surface area contributed by atoms with E-state index >= 15 is 0 Å². The standard InChI is InChI=1S/C23H25BrN2O3/c1-22(2)14-23(10-11-28-22)26-20(18-12-16(24)6-9-21(18)29-23)13-19(25-26)15-4-7-17(27-3)8-5-15/h4-9,12,20H,10-11,13-14H2,1-3H3/t20-,23+/m0/s1. The van der Waals surface area contributed by atoms with Crippen LogP contribution in [0.15, 0.2) is 52.0 Å². The Bertz CT molecular complexity index is 973. The van der Waals surface area contributed by atoms with Crippen molar-refractivity contribution in [2.45, 2.75) is 50.5 Å². The second-order valence-electron chi connectivity index (χ2n) is 8.61. The molecule has 0 bridgehead atoms. The monoisotopic (exact) mass is 456 g/mol. The lowest BCUT2D eigenvalue weighted by atomic mass is 9.86. The number of hydrazone groups is 1. The predicted molar refractivity (Wildman–Crippen MR) is 115 cm³/mol. The summed E-state index contributed by atoms with van der Waals surface area (Å²) in [5.41, 5.74) is 2.65. The average Bonchev–Trinajstić information content (AvgIpc) is 3.15. The van der Waals surface area contributed by atoms with Crippen LogP contribution >= 0.6 is 15.9 Å². The van der Waals surface area contributed by atoms with Gasteiger partial charge in [0, 0.05) is 29.3 Å². The van der Waals surface area contributed by atoms with E-state index in [-0.39, 0.29) is 11.6 Å². The average molecular weight is 457 g/mol. The molecule has 3 aliphatic rings. The number of hydrogen-bond acceptors (Lipinski definition) is 5. The maximum Gasteiger partial charge on any atom is 0.203 e. The fourth-order valence-electron chi connectivity index (χ4n) is 4.78. The lowest BCUT2D eigenvalue weighted by Gasteiger charge is -2.52. The van der Waals surface area contributed by atoms with Gasteiger partial charge in [-0.3, -0.25) is 0 Å². The molecule has 5 rings (SSSR count). The first-order valence-electron chi connectivity index (χ1n) is 10.0. The van der Waals surface area contributed by atoms with Crippen molar-refractivity contribution in [3.63, 3.8) is 0 Å². The summed E-state index contributed by atoms with van der Waals surface area (Å²) in [7, 11) is 1.69. The van der Waals surface area contributed by atoms with Gasteiger partial charge in [0.2, 0.25) is 5.72 Å². The minimum absolute atomic E-state index is 0.155. The molecule has 0 aromatic heterocycles. The second kappa shape index (κ2) is 6.74. The molecule has 0 N–H and O–H groups in total. The van der Waals surface area contributed by atoms with Crippen molar-refractivity contribution in [3.8, 4) is 11.5 Å². The zero-order valence-electron chi connectivity index (χ0n) is 16.9. The zero-order valence-corrected chi connectivity index (χ0v) is 18.5. The van der Waals surface area contributed by atoms with Crippen molar-refractivity contribution in [2.24, 2.45) is 5.10 Å². The van der Waals surface area contributed by atoms with Gasteiger partial charge in [-0.2, -0.15) is 5.10 Å². The van der Waals surface area contributed by atoms with Gasteiger partial charge < -0.3 is 14.2 Å². The van der Waals surface area contributed by atoms with E-state index in [1.807, 2.05) is 18.2 Å². The fraction of sp³-hybridized carbons (Fsp3) is 0.435. The third-order valence-electron chi connectivity index (χ3n) is 6.07. The summed E-state index contributed by atoms with van der Waals surface area (Å²) in [6.45, 7) is 4.93. The lowest BCUT2D eigenvalue weighted by molar-refractivity contribution is -0.212. The molecule has 0 amide bonds. The molecule has 0 aliphatic carbocycles. The van der Waals surface area contributed by atoms with Gasteiger partial charge >= 0.3 is 0 Å². The number of ether oxygens (including phenoxy) is 3. The van der Waals surface area contributed by atoms with Crippen molar-refractivity contribution in [1.82, 2.24) is 5.01 Å². The Labute approximate surface area is 179 Å². The molecule has 2 atom stereocenters. The smallest absolute Gasteiger partial charge is 0.203 e. The highest BCUT2D eigenvalue weighted by Crippen LogP contribution is 2.52. The summed E-state index contributed by atoms with van der Waals surface area (Å²) in [6, 6.07) is 14.6. The summed E-state index contributed by atoms with van der Waals surface area (Å²) < 4.78 is 19.1. The second-order valence-corrected chi connectivity index (χ2v) is 9.52. The Morgan fingerprint density at radius 3 is 2.69 bits per heavy atom. The van der Waals surface area contributed by atoms with Crippen LogP contribution in [-0.2, 0) is 4.74 Å². The molecule has 0 unspecified atom stereocenters. The van der Waals surface area contributed by atoms with Crippen LogP contribution < -0.4 is 9.47 Å². The third kappa shape index (κ3) is 3.22. The van der Waals surface area contributed by atoms with E-state index < -0.39 is 5.72 Å². The maximum atomic E-state index is 6.68. The number of fused-ring (bicyclic) bond motifs is 4. The van der Waals surface area contributed by atoms with E-state index in [0.29, 0.717) is 6.61 Å². The zero-order chi connectivity index (χ0) is 20.2. The molecular weight excluding hydrogens is 432 g/mol. The van der Waals surface area contributed by atoms with Crippen LogP contribution in [0.4, 0.5) is 0 Å². The Morgan fingerprint density at radius 1 is 1.17 bits per heavy atom. The summed E-state index contributed by atoms with van der Waals surface area (Å²) in [6.07, 6.45) is 2.41. The predicted octanol–water partition coefficient (Wildman–Crippen LogP) is 5.29. The number of hydrogen-bond donors (Lipinski definition) is 0. The van der Waals surface area contributed by atoms with Crippen molar-refractivity contribution in [3.05, 3.63) is 58.1 Å². The van der Waals surface area contributed by atoms with Gasteiger partial charge in [-0.05, 0) is 61.9 Å². The van der Waals surface area contributed by atoms with Crippen LogP contribution in [0.5, 0.6) is 11.5 Å². The minimum atomic E-state index is -0.485. The van der Waals surface area contributed by atoms with E-state index in [2.05, 4.69) is 59.1 Å². The van der Waals surface area contributed by atoms with Crippen molar-refractivity contribution >= 4 is 21.6 Å². The van der Waals surface area contributed by atoms with Gasteiger partial charge in [0.15, 0.2) is 0 Å². The molecule has 29 heavy (non-hydrogen) atoms. The van der Waals surface area contributed by atoms with Crippen LogP contribution in [0.2, 0.25) is 0 Å². The first kappa shape index (κ1) is 18.9. The summed E-state index contributed by atoms with van der Waals surface area (Å²) in [4.78, 5) is 0. The molecule has 152 valence electrons. The quantitative estimate of drug-likeness (QED) is 0.615. The Morgan fingerprint density at radius 2 is 1.97 bits per heavy atom. The SMILES string of the molecule is COc1ccc(C2=NN3[C@@H](C2)c2cc(Br)ccc2O[C@@]32CCOC(C)(C)C2)cc1. The van der Waals surface area contributed by atoms with E-state index in [0.717, 1.165) is 46.5 Å². The summed E-state index contributed by atoms with van der Waals surface area (Å²) >= 11 is 3.62. The molecule has 1 fully saturated rings. The highest BCUT2D eigenvalue weighted by atomic mass is 79.9. The Hall–Kier alpha value is -2.05. The Kier molecular flexibility index (Phi) is 4.40. The third-order valence-corrected chi connectivity index (χ3v) is 6.56. The van der Waals surface area contributed by atoms with Crippen LogP contribution in [0.25, 0.3) is 0 Å². The topological polar surface area (TPSA) is 43.3 Å². The molecule has 2 aromatic rings. The van der Waals surface area contributed by atoms with E-state index in [4.69, 9.17) is 19.3 Å². The highest BCUT2D eigenvalue weighted by Gasteiger charge is 2.54. The van der Waals surface area contributed by atoms with Crippen molar-refractivity contribution in [2.75, 3.05) is 13.7 Å². The Balaban J connectivity index is 1.59. The number of methoxy groups -OCH3 is 1. The van der Waals surface area contributed by atoms with E-state index in [1.54, 1.807) is 7.11 Å². The van der Waals surface area contributed by atoms with E-state index in [1.165, 1.54) is 5.56 Å². The fourth-order valence-corrected chi connectivity index (χ4v) is 5.16. The molecule has 3 heterocycles. The molecule has 2 aromatic carbocycles. The molecule has 6 heteroatoms. The van der Waals surface area contributed by atoms with Crippen LogP contribution in [-0.4, -0.2) is 35.8 Å². The first-order chi connectivity index (χ1) is 13.9. The number of nitrogens with zero attached hydrogens (tertiary/aromatic N) is 2. The molecule has 1 saturated heterocycles. The van der Waals surface area contributed by atoms with Crippen molar-refractivity contribution < 1.29 is 14.2 Å². The lowest BCUT2D eigenvalue weighted by Crippen LogP contribution is -2.60. The van der Waals surface area contributed by atoms with Crippen LogP contribution in [0.1, 0.15) is 50.3 Å². The minimum Gasteiger partial charge on any atom is -0.497 e. The van der Waals surface area contributed by atoms with Crippen LogP contribution in [0.3, 0.4) is 0 Å². The largest absolute Gasteiger partial charge is 0.497 e. The maximum absolute atomic E-state index is 6.68. The summed E-state index contributed by atoms with van der Waals surface area (Å²) in [5.74, 6) is 1.81.